The predicted octanol–water partition coefficient (Wildman–Crippen LogP) is 5.56. The zero-order valence-electron chi connectivity index (χ0n) is 11.4. The monoisotopic (exact) mass is 300 g/mol. The fourth-order valence-corrected chi connectivity index (χ4v) is 4.52. The van der Waals surface area contributed by atoms with E-state index in [1.54, 1.807) is 0 Å². The minimum Gasteiger partial charge on any atom is -0.0827 e. The molecule has 0 unspecified atom stereocenters. The molecule has 0 spiro atoms. The normalized spacial score (nSPS) is 37.0. The van der Waals surface area contributed by atoms with Crippen LogP contribution in [0.2, 0.25) is 0 Å². The molecule has 0 aromatic rings. The fraction of sp³-hybridized carbons (Fsp3) is 0.222. The molecule has 4 aliphatic rings. The maximum absolute atomic E-state index is 6.50. The molecule has 0 saturated heterocycles. The van der Waals surface area contributed by atoms with Crippen LogP contribution >= 0.6 is 23.2 Å². The smallest absolute Gasteiger partial charge is 0.0633 e. The molecule has 0 aromatic carbocycles. The van der Waals surface area contributed by atoms with Crippen LogP contribution in [0.25, 0.3) is 0 Å². The maximum Gasteiger partial charge on any atom is 0.0633 e. The summed E-state index contributed by atoms with van der Waals surface area (Å²) in [5.41, 5.74) is 4.79. The van der Waals surface area contributed by atoms with Gasteiger partial charge in [-0.1, -0.05) is 79.6 Å². The second-order valence-electron chi connectivity index (χ2n) is 6.03. The van der Waals surface area contributed by atoms with E-state index in [0.717, 1.165) is 5.57 Å². The second-order valence-corrected chi connectivity index (χ2v) is 6.81. The Hall–Kier alpha value is -1.24. The molecule has 0 radical (unpaired) electrons. The van der Waals surface area contributed by atoms with Crippen molar-refractivity contribution in [1.82, 2.24) is 0 Å². The lowest BCUT2D eigenvalue weighted by molar-refractivity contribution is 0.248. The van der Waals surface area contributed by atoms with E-state index < -0.39 is 0 Å². The van der Waals surface area contributed by atoms with Gasteiger partial charge in [0.2, 0.25) is 0 Å². The topological polar surface area (TPSA) is 0 Å². The second kappa shape index (κ2) is 3.69. The maximum atomic E-state index is 6.50. The molecule has 0 nitrogen and oxygen atoms in total. The third kappa shape index (κ3) is 1.17. The molecule has 4 aliphatic carbocycles. The van der Waals surface area contributed by atoms with Gasteiger partial charge in [0.15, 0.2) is 0 Å². The van der Waals surface area contributed by atoms with Crippen molar-refractivity contribution in [3.05, 3.63) is 81.0 Å². The summed E-state index contributed by atoms with van der Waals surface area (Å²) in [6.45, 7) is 4.59. The molecule has 0 saturated carbocycles. The minimum atomic E-state index is -0.155. The molecule has 0 heterocycles. The lowest BCUT2D eigenvalue weighted by Gasteiger charge is -2.56. The lowest BCUT2D eigenvalue weighted by atomic mass is 9.47. The van der Waals surface area contributed by atoms with E-state index in [4.69, 9.17) is 23.2 Å². The van der Waals surface area contributed by atoms with Gasteiger partial charge in [-0.15, -0.1) is 0 Å². The minimum absolute atomic E-state index is 0.0792. The van der Waals surface area contributed by atoms with Crippen molar-refractivity contribution in [3.8, 4) is 0 Å². The molecule has 2 atom stereocenters. The fourth-order valence-electron chi connectivity index (χ4n) is 3.99. The van der Waals surface area contributed by atoms with Crippen LogP contribution in [-0.4, -0.2) is 0 Å². The van der Waals surface area contributed by atoms with Crippen LogP contribution in [-0.2, 0) is 0 Å². The van der Waals surface area contributed by atoms with Crippen LogP contribution in [0.4, 0.5) is 0 Å². The first kappa shape index (κ1) is 12.5. The Morgan fingerprint density at radius 3 is 2.30 bits per heavy atom. The highest BCUT2D eigenvalue weighted by Gasteiger charge is 2.56. The van der Waals surface area contributed by atoms with Gasteiger partial charge in [0.25, 0.3) is 0 Å². The highest BCUT2D eigenvalue weighted by atomic mass is 35.5. The predicted molar refractivity (Wildman–Crippen MR) is 85.6 cm³/mol. The molecule has 100 valence electrons. The third-order valence-corrected chi connectivity index (χ3v) is 6.22. The molecule has 4 rings (SSSR count). The number of halogens is 2. The standard InChI is InChI=1S/C18H14Cl2/c1-17-11-4-3-5-12(17)8-9-14-16(20)15(19)10-13(7-6-11)18(14,17)2/h3-10H,1-2H3/t17-,18+/m0/s1. The summed E-state index contributed by atoms with van der Waals surface area (Å²) >= 11 is 12.8. The average molecular weight is 301 g/mol. The first-order valence-corrected chi connectivity index (χ1v) is 7.53. The average Bonchev–Trinajstić information content (AvgIpc) is 2.42. The molecule has 0 aromatic heterocycles. The van der Waals surface area contributed by atoms with Crippen LogP contribution < -0.4 is 0 Å². The number of hydrogen-bond acceptors (Lipinski definition) is 0. The highest BCUT2D eigenvalue weighted by Crippen LogP contribution is 2.66. The van der Waals surface area contributed by atoms with Gasteiger partial charge in [0.1, 0.15) is 0 Å². The number of hydrogen-bond donors (Lipinski definition) is 0. The van der Waals surface area contributed by atoms with Crippen LogP contribution in [0.3, 0.4) is 0 Å². The Morgan fingerprint density at radius 1 is 0.800 bits per heavy atom. The van der Waals surface area contributed by atoms with Crippen molar-refractivity contribution < 1.29 is 0 Å². The Labute approximate surface area is 129 Å². The summed E-state index contributed by atoms with van der Waals surface area (Å²) in [5, 5.41) is 1.31. The van der Waals surface area contributed by atoms with Crippen LogP contribution in [0, 0.1) is 10.8 Å². The molecule has 0 aliphatic heterocycles. The summed E-state index contributed by atoms with van der Waals surface area (Å²) in [6, 6.07) is 0. The molecular formula is C18H14Cl2. The highest BCUT2D eigenvalue weighted by molar-refractivity contribution is 6.44. The Bertz CT molecular complexity index is 752. The quantitative estimate of drug-likeness (QED) is 0.549. The third-order valence-electron chi connectivity index (χ3n) is 5.42. The summed E-state index contributed by atoms with van der Waals surface area (Å²) in [7, 11) is 0. The van der Waals surface area contributed by atoms with E-state index >= 15 is 0 Å². The Morgan fingerprint density at radius 2 is 1.50 bits per heavy atom. The van der Waals surface area contributed by atoms with E-state index in [0.29, 0.717) is 10.1 Å². The van der Waals surface area contributed by atoms with E-state index in [1.807, 2.05) is 6.08 Å². The van der Waals surface area contributed by atoms with Gasteiger partial charge < -0.3 is 0 Å². The van der Waals surface area contributed by atoms with Crippen LogP contribution in [0.15, 0.2) is 81.0 Å². The van der Waals surface area contributed by atoms with Crippen molar-refractivity contribution >= 4 is 23.2 Å². The lowest BCUT2D eigenvalue weighted by Crippen LogP contribution is -2.47. The molecule has 0 bridgehead atoms. The molecule has 2 heteroatoms. The van der Waals surface area contributed by atoms with Crippen LogP contribution in [0.5, 0.6) is 0 Å². The zero-order chi connectivity index (χ0) is 14.1. The van der Waals surface area contributed by atoms with Gasteiger partial charge in [0.05, 0.1) is 10.1 Å². The molecule has 20 heavy (non-hydrogen) atoms. The van der Waals surface area contributed by atoms with Crippen molar-refractivity contribution in [1.29, 1.82) is 0 Å². The first-order chi connectivity index (χ1) is 9.49. The molecule has 0 amide bonds. The Balaban J connectivity index is 2.16. The van der Waals surface area contributed by atoms with Crippen molar-refractivity contribution in [2.45, 2.75) is 13.8 Å². The van der Waals surface area contributed by atoms with Crippen LogP contribution in [0.1, 0.15) is 13.8 Å². The molecule has 0 fully saturated rings. The first-order valence-electron chi connectivity index (χ1n) is 6.77. The van der Waals surface area contributed by atoms with E-state index in [-0.39, 0.29) is 10.8 Å². The van der Waals surface area contributed by atoms with Crippen molar-refractivity contribution in [2.75, 3.05) is 0 Å². The van der Waals surface area contributed by atoms with E-state index in [2.05, 4.69) is 56.4 Å². The number of allylic oxidation sites excluding steroid dienone is 14. The summed E-state index contributed by atoms with van der Waals surface area (Å²) in [4.78, 5) is 0. The SMILES string of the molecule is C[C@@]12C3=CC=CC1=CC=C1C=C(Cl)C(Cl)=C(C=C3)[C@@]12C. The largest absolute Gasteiger partial charge is 0.0827 e. The zero-order valence-corrected chi connectivity index (χ0v) is 12.9. The number of rotatable bonds is 0. The van der Waals surface area contributed by atoms with E-state index in [1.165, 1.54) is 16.7 Å². The van der Waals surface area contributed by atoms with Gasteiger partial charge in [-0.25, -0.2) is 0 Å². The molecular weight excluding hydrogens is 287 g/mol. The summed E-state index contributed by atoms with van der Waals surface area (Å²) in [6.07, 6.45) is 17.2. The van der Waals surface area contributed by atoms with Gasteiger partial charge in [-0.3, -0.25) is 0 Å². The Kier molecular flexibility index (Phi) is 2.31. The van der Waals surface area contributed by atoms with Gasteiger partial charge >= 0.3 is 0 Å². The summed E-state index contributed by atoms with van der Waals surface area (Å²) in [5.74, 6) is 0. The van der Waals surface area contributed by atoms with Crippen molar-refractivity contribution in [3.63, 3.8) is 0 Å². The van der Waals surface area contributed by atoms with Gasteiger partial charge in [-0.2, -0.15) is 0 Å². The van der Waals surface area contributed by atoms with E-state index in [9.17, 15) is 0 Å². The van der Waals surface area contributed by atoms with Gasteiger partial charge in [-0.05, 0) is 28.4 Å². The van der Waals surface area contributed by atoms with Crippen molar-refractivity contribution in [2.24, 2.45) is 10.8 Å². The van der Waals surface area contributed by atoms with Gasteiger partial charge in [0, 0.05) is 10.8 Å². The summed E-state index contributed by atoms with van der Waals surface area (Å²) < 4.78 is 0. The molecule has 0 N–H and O–H groups in total.